The first-order valence-corrected chi connectivity index (χ1v) is 7.54. The number of carbonyl (C=O) groups excluding carboxylic acids is 1. The Labute approximate surface area is 140 Å². The van der Waals surface area contributed by atoms with E-state index in [2.05, 4.69) is 10.4 Å². The molecule has 24 heavy (non-hydrogen) atoms. The number of nitrogens with zero attached hydrogens (tertiary/aromatic N) is 2. The summed E-state index contributed by atoms with van der Waals surface area (Å²) in [6.07, 6.45) is 1.60. The zero-order chi connectivity index (χ0) is 16.9. The van der Waals surface area contributed by atoms with Gasteiger partial charge in [0.25, 0.3) is 0 Å². The summed E-state index contributed by atoms with van der Waals surface area (Å²) < 4.78 is 0. The molecule has 0 aliphatic carbocycles. The van der Waals surface area contributed by atoms with Crippen LogP contribution in [0.5, 0.6) is 0 Å². The molecule has 120 valence electrons. The van der Waals surface area contributed by atoms with Gasteiger partial charge in [0.05, 0.1) is 6.21 Å². The number of urea groups is 1. The molecule has 0 unspecified atom stereocenters. The number of para-hydroxylation sites is 1. The minimum Gasteiger partial charge on any atom is -0.323 e. The smallest absolute Gasteiger partial charge is 0.323 e. The highest BCUT2D eigenvalue weighted by atomic mass is 16.2. The molecule has 0 spiro atoms. The molecule has 0 bridgehead atoms. The van der Waals surface area contributed by atoms with E-state index >= 15 is 0 Å². The summed E-state index contributed by atoms with van der Waals surface area (Å²) in [5.41, 5.74) is 2.52. The lowest BCUT2D eigenvalue weighted by atomic mass is 10.1. The molecule has 0 heterocycles. The number of hydrazone groups is 1. The van der Waals surface area contributed by atoms with Crippen molar-refractivity contribution in [3.63, 3.8) is 0 Å². The fourth-order valence-corrected chi connectivity index (χ4v) is 2.48. The van der Waals surface area contributed by atoms with E-state index in [1.165, 1.54) is 0 Å². The molecule has 3 rings (SSSR count). The first kappa shape index (κ1) is 15.6. The van der Waals surface area contributed by atoms with Gasteiger partial charge in [0.15, 0.2) is 0 Å². The molecule has 0 aliphatic rings. The summed E-state index contributed by atoms with van der Waals surface area (Å²) in [5, 5.41) is 8.53. The first-order chi connectivity index (χ1) is 11.7. The predicted molar refractivity (Wildman–Crippen MR) is 99.6 cm³/mol. The molecule has 0 saturated heterocycles. The van der Waals surface area contributed by atoms with E-state index in [4.69, 9.17) is 5.84 Å². The lowest BCUT2D eigenvalue weighted by molar-refractivity contribution is 0.258. The Morgan fingerprint density at radius 3 is 2.50 bits per heavy atom. The van der Waals surface area contributed by atoms with Crippen molar-refractivity contribution in [1.29, 1.82) is 0 Å². The van der Waals surface area contributed by atoms with Gasteiger partial charge in [-0.15, -0.1) is 0 Å². The summed E-state index contributed by atoms with van der Waals surface area (Å²) in [4.78, 5) is 13.9. The average molecular weight is 318 g/mol. The van der Waals surface area contributed by atoms with Crippen LogP contribution in [0.4, 0.5) is 16.2 Å². The van der Waals surface area contributed by atoms with Crippen molar-refractivity contribution in [3.8, 4) is 0 Å². The summed E-state index contributed by atoms with van der Waals surface area (Å²) in [6.45, 7) is 0. The molecule has 0 atom stereocenters. The van der Waals surface area contributed by atoms with E-state index in [9.17, 15) is 4.79 Å². The van der Waals surface area contributed by atoms with Crippen molar-refractivity contribution in [2.24, 2.45) is 10.9 Å². The molecule has 5 nitrogen and oxygen atoms in total. The topological polar surface area (TPSA) is 70.7 Å². The van der Waals surface area contributed by atoms with E-state index in [0.29, 0.717) is 0 Å². The van der Waals surface area contributed by atoms with Crippen molar-refractivity contribution >= 4 is 34.4 Å². The van der Waals surface area contributed by atoms with Crippen LogP contribution in [0.3, 0.4) is 0 Å². The summed E-state index contributed by atoms with van der Waals surface area (Å²) in [6, 6.07) is 21.0. The van der Waals surface area contributed by atoms with Crippen molar-refractivity contribution in [2.75, 3.05) is 17.3 Å². The third kappa shape index (κ3) is 3.35. The SMILES string of the molecule is CN(C(=O)Nc1ccc2cc(/C=N\N)ccc2c1)c1ccccc1. The van der Waals surface area contributed by atoms with Crippen molar-refractivity contribution in [3.05, 3.63) is 72.3 Å². The molecule has 0 radical (unpaired) electrons. The molecule has 0 fully saturated rings. The molecule has 0 aliphatic heterocycles. The zero-order valence-electron chi connectivity index (χ0n) is 13.3. The highest BCUT2D eigenvalue weighted by Crippen LogP contribution is 2.21. The highest BCUT2D eigenvalue weighted by molar-refractivity contribution is 6.02. The number of fused-ring (bicyclic) bond motifs is 1. The fourth-order valence-electron chi connectivity index (χ4n) is 2.48. The lowest BCUT2D eigenvalue weighted by Gasteiger charge is -2.18. The van der Waals surface area contributed by atoms with Crippen LogP contribution in [0.15, 0.2) is 71.8 Å². The van der Waals surface area contributed by atoms with Crippen molar-refractivity contribution in [2.45, 2.75) is 0 Å². The monoisotopic (exact) mass is 318 g/mol. The average Bonchev–Trinajstić information content (AvgIpc) is 2.62. The third-order valence-corrected chi connectivity index (χ3v) is 3.79. The van der Waals surface area contributed by atoms with Gasteiger partial charge in [0.1, 0.15) is 0 Å². The molecule has 3 aromatic rings. The Bertz CT molecular complexity index is 890. The van der Waals surface area contributed by atoms with Gasteiger partial charge >= 0.3 is 6.03 Å². The van der Waals surface area contributed by atoms with Gasteiger partial charge in [0.2, 0.25) is 0 Å². The predicted octanol–water partition coefficient (Wildman–Crippen LogP) is 3.80. The van der Waals surface area contributed by atoms with Crippen LogP contribution in [0.25, 0.3) is 10.8 Å². The Morgan fingerprint density at radius 2 is 1.75 bits per heavy atom. The normalized spacial score (nSPS) is 10.9. The van der Waals surface area contributed by atoms with Gasteiger partial charge in [-0.05, 0) is 46.7 Å². The number of nitrogens with two attached hydrogens (primary N) is 1. The second-order valence-electron chi connectivity index (χ2n) is 5.42. The molecule has 5 heteroatoms. The minimum atomic E-state index is -0.188. The van der Waals surface area contributed by atoms with Crippen LogP contribution in [-0.2, 0) is 0 Å². The molecular weight excluding hydrogens is 300 g/mol. The van der Waals surface area contributed by atoms with Gasteiger partial charge in [0, 0.05) is 18.4 Å². The van der Waals surface area contributed by atoms with E-state index in [-0.39, 0.29) is 6.03 Å². The second-order valence-corrected chi connectivity index (χ2v) is 5.42. The maximum atomic E-state index is 12.4. The fraction of sp³-hybridized carbons (Fsp3) is 0.0526. The largest absolute Gasteiger partial charge is 0.326 e. The minimum absolute atomic E-state index is 0.188. The molecule has 0 saturated carbocycles. The van der Waals surface area contributed by atoms with Crippen molar-refractivity contribution < 1.29 is 4.79 Å². The summed E-state index contributed by atoms with van der Waals surface area (Å²) >= 11 is 0. The van der Waals surface area contributed by atoms with Crippen LogP contribution in [-0.4, -0.2) is 19.3 Å². The van der Waals surface area contributed by atoms with Crippen LogP contribution in [0, 0.1) is 0 Å². The van der Waals surface area contributed by atoms with E-state index < -0.39 is 0 Å². The Morgan fingerprint density at radius 1 is 1.04 bits per heavy atom. The van der Waals surface area contributed by atoms with Gasteiger partial charge in [-0.2, -0.15) is 5.10 Å². The Kier molecular flexibility index (Phi) is 4.43. The summed E-state index contributed by atoms with van der Waals surface area (Å²) in [5.74, 6) is 5.18. The Hall–Kier alpha value is -3.34. The van der Waals surface area contributed by atoms with E-state index in [0.717, 1.165) is 27.7 Å². The second kappa shape index (κ2) is 6.83. The number of nitrogens with one attached hydrogen (secondary N) is 1. The number of rotatable bonds is 3. The molecular formula is C19H18N4O. The van der Waals surface area contributed by atoms with E-state index in [1.807, 2.05) is 66.7 Å². The van der Waals surface area contributed by atoms with Crippen LogP contribution < -0.4 is 16.1 Å². The molecule has 0 aromatic heterocycles. The molecule has 3 aromatic carbocycles. The number of benzene rings is 3. The first-order valence-electron chi connectivity index (χ1n) is 7.54. The van der Waals surface area contributed by atoms with Crippen molar-refractivity contribution in [1.82, 2.24) is 0 Å². The van der Waals surface area contributed by atoms with Gasteiger partial charge < -0.3 is 11.2 Å². The number of carbonyl (C=O) groups is 1. The van der Waals surface area contributed by atoms with Gasteiger partial charge in [-0.1, -0.05) is 36.4 Å². The van der Waals surface area contributed by atoms with Gasteiger partial charge in [-0.25, -0.2) is 4.79 Å². The van der Waals surface area contributed by atoms with Crippen LogP contribution >= 0.6 is 0 Å². The zero-order valence-corrected chi connectivity index (χ0v) is 13.3. The number of anilines is 2. The van der Waals surface area contributed by atoms with Crippen LogP contribution in [0.2, 0.25) is 0 Å². The quantitative estimate of drug-likeness (QED) is 0.438. The number of amides is 2. The lowest BCUT2D eigenvalue weighted by Crippen LogP contribution is -2.31. The standard InChI is InChI=1S/C19H18N4O/c1-23(18-5-3-2-4-6-18)19(24)22-17-10-9-15-11-14(13-21-20)7-8-16(15)12-17/h2-13H,20H2,1H3,(H,22,24)/b21-13-. The molecule has 3 N–H and O–H groups in total. The number of hydrogen-bond donors (Lipinski definition) is 2. The maximum Gasteiger partial charge on any atom is 0.326 e. The van der Waals surface area contributed by atoms with Crippen LogP contribution in [0.1, 0.15) is 5.56 Å². The maximum absolute atomic E-state index is 12.4. The van der Waals surface area contributed by atoms with Gasteiger partial charge in [-0.3, -0.25) is 4.90 Å². The Balaban J connectivity index is 1.80. The highest BCUT2D eigenvalue weighted by Gasteiger charge is 2.10. The number of hydrogen-bond acceptors (Lipinski definition) is 3. The molecule has 2 amide bonds. The summed E-state index contributed by atoms with van der Waals surface area (Å²) in [7, 11) is 1.74. The third-order valence-electron chi connectivity index (χ3n) is 3.79. The van der Waals surface area contributed by atoms with E-state index in [1.54, 1.807) is 18.2 Å².